The number of nitrogens with zero attached hydrogens (tertiary/aromatic N) is 2. The highest BCUT2D eigenvalue weighted by molar-refractivity contribution is 5.87. The van der Waals surface area contributed by atoms with E-state index in [-0.39, 0.29) is 18.6 Å². The predicted octanol–water partition coefficient (Wildman–Crippen LogP) is 7.65. The first-order valence-corrected chi connectivity index (χ1v) is 14.6. The van der Waals surface area contributed by atoms with Gasteiger partial charge < -0.3 is 14.9 Å². The fraction of sp³-hybridized carbons (Fsp3) is 0.286. The number of pyridine rings is 1. The fourth-order valence-electron chi connectivity index (χ4n) is 4.87. The summed E-state index contributed by atoms with van der Waals surface area (Å²) >= 11 is 0. The zero-order valence-corrected chi connectivity index (χ0v) is 24.9. The Bertz CT molecular complexity index is 1570. The van der Waals surface area contributed by atoms with Gasteiger partial charge in [0.2, 0.25) is 0 Å². The van der Waals surface area contributed by atoms with E-state index in [1.165, 1.54) is 12.1 Å². The van der Waals surface area contributed by atoms with E-state index >= 15 is 0 Å². The molecule has 1 heterocycles. The van der Waals surface area contributed by atoms with Crippen LogP contribution in [0.4, 0.5) is 13.2 Å². The van der Waals surface area contributed by atoms with Gasteiger partial charge in [-0.1, -0.05) is 48.5 Å². The van der Waals surface area contributed by atoms with E-state index in [1.807, 2.05) is 43.3 Å². The van der Waals surface area contributed by atoms with Gasteiger partial charge in [0.05, 0.1) is 16.8 Å². The van der Waals surface area contributed by atoms with Gasteiger partial charge in [-0.15, -0.1) is 0 Å². The molecule has 0 aliphatic carbocycles. The topological polar surface area (TPSA) is 100.0 Å². The highest BCUT2D eigenvalue weighted by Gasteiger charge is 2.30. The summed E-state index contributed by atoms with van der Waals surface area (Å²) in [7, 11) is 0. The highest BCUT2D eigenvalue weighted by Crippen LogP contribution is 2.31. The maximum atomic E-state index is 12.9. The van der Waals surface area contributed by atoms with Crippen molar-refractivity contribution in [1.82, 2.24) is 9.88 Å². The van der Waals surface area contributed by atoms with Crippen molar-refractivity contribution in [3.63, 3.8) is 0 Å². The summed E-state index contributed by atoms with van der Waals surface area (Å²) in [6.45, 7) is 4.05. The van der Waals surface area contributed by atoms with Crippen LogP contribution >= 0.6 is 0 Å². The molecule has 0 saturated carbocycles. The Kier molecular flexibility index (Phi) is 11.3. The molecule has 45 heavy (non-hydrogen) atoms. The molecule has 0 amide bonds. The molecule has 2 N–H and O–H groups in total. The second-order valence-electron chi connectivity index (χ2n) is 10.8. The lowest BCUT2D eigenvalue weighted by atomic mass is 10.0. The molecule has 236 valence electrons. The van der Waals surface area contributed by atoms with Gasteiger partial charge in [0.25, 0.3) is 0 Å². The van der Waals surface area contributed by atoms with E-state index in [0.29, 0.717) is 50.2 Å². The average molecular weight is 621 g/mol. The van der Waals surface area contributed by atoms with Crippen molar-refractivity contribution >= 4 is 11.9 Å². The third kappa shape index (κ3) is 10.2. The van der Waals surface area contributed by atoms with Crippen LogP contribution in [0.5, 0.6) is 5.75 Å². The highest BCUT2D eigenvalue weighted by atomic mass is 19.4. The van der Waals surface area contributed by atoms with Gasteiger partial charge in [-0.2, -0.15) is 13.2 Å². The number of ether oxygens (including phenoxy) is 1. The van der Waals surface area contributed by atoms with Crippen molar-refractivity contribution in [1.29, 1.82) is 0 Å². The zero-order chi connectivity index (χ0) is 32.4. The zero-order valence-electron chi connectivity index (χ0n) is 24.9. The number of aliphatic carboxylic acids is 1. The number of aromatic nitrogens is 1. The van der Waals surface area contributed by atoms with Gasteiger partial charge in [0, 0.05) is 31.6 Å². The van der Waals surface area contributed by atoms with Gasteiger partial charge in [-0.25, -0.2) is 4.79 Å². The third-order valence-electron chi connectivity index (χ3n) is 7.35. The quantitative estimate of drug-likeness (QED) is 0.132. The summed E-state index contributed by atoms with van der Waals surface area (Å²) in [6.07, 6.45) is -2.44. The summed E-state index contributed by atoms with van der Waals surface area (Å²) < 4.78 is 44.8. The van der Waals surface area contributed by atoms with E-state index in [2.05, 4.69) is 4.90 Å². The average Bonchev–Trinajstić information content (AvgIpc) is 3.01. The summed E-state index contributed by atoms with van der Waals surface area (Å²) in [6, 6.07) is 23.0. The molecule has 0 aliphatic heterocycles. The van der Waals surface area contributed by atoms with Crippen LogP contribution in [0.2, 0.25) is 0 Å². The first-order valence-electron chi connectivity index (χ1n) is 14.6. The van der Waals surface area contributed by atoms with E-state index in [1.54, 1.807) is 24.3 Å². The Morgan fingerprint density at radius 3 is 2.02 bits per heavy atom. The number of carbonyl (C=O) groups is 2. The molecule has 7 nitrogen and oxygen atoms in total. The van der Waals surface area contributed by atoms with Gasteiger partial charge in [0.15, 0.2) is 0 Å². The SMILES string of the molecule is Cc1ccc(OCc2ccc(-c3ccc(C(F)(F)F)cc3)cc2)c(CCN(CCCCC(=O)O)Cc2ccc(C(=O)O)cc2)n1. The van der Waals surface area contributed by atoms with Crippen LogP contribution < -0.4 is 4.74 Å². The normalized spacial score (nSPS) is 11.5. The molecule has 1 aromatic heterocycles. The number of unbranched alkanes of at least 4 members (excludes halogenated alkanes) is 1. The van der Waals surface area contributed by atoms with Gasteiger partial charge in [-0.3, -0.25) is 14.7 Å². The Morgan fingerprint density at radius 1 is 0.800 bits per heavy atom. The Balaban J connectivity index is 1.40. The number of carboxylic acid groups (broad SMARTS) is 2. The minimum Gasteiger partial charge on any atom is -0.487 e. The molecule has 0 saturated heterocycles. The summed E-state index contributed by atoms with van der Waals surface area (Å²) in [4.78, 5) is 29.1. The number of carboxylic acids is 2. The lowest BCUT2D eigenvalue weighted by Crippen LogP contribution is -2.27. The number of hydrogen-bond acceptors (Lipinski definition) is 5. The third-order valence-corrected chi connectivity index (χ3v) is 7.35. The number of rotatable bonds is 15. The minimum atomic E-state index is -4.38. The molecular weight excluding hydrogens is 585 g/mol. The van der Waals surface area contributed by atoms with E-state index in [9.17, 15) is 27.9 Å². The molecule has 0 atom stereocenters. The van der Waals surface area contributed by atoms with Gasteiger partial charge in [0.1, 0.15) is 12.4 Å². The number of hydrogen-bond donors (Lipinski definition) is 2. The number of aryl methyl sites for hydroxylation is 1. The molecule has 0 radical (unpaired) electrons. The van der Waals surface area contributed by atoms with Crippen LogP contribution in [0.25, 0.3) is 11.1 Å². The number of aromatic carboxylic acids is 1. The van der Waals surface area contributed by atoms with Crippen molar-refractivity contribution in [3.05, 3.63) is 119 Å². The van der Waals surface area contributed by atoms with Crippen LogP contribution in [0.15, 0.2) is 84.9 Å². The number of alkyl halides is 3. The maximum Gasteiger partial charge on any atom is 0.416 e. The van der Waals surface area contributed by atoms with E-state index in [0.717, 1.165) is 40.2 Å². The Labute approximate surface area is 259 Å². The fourth-order valence-corrected chi connectivity index (χ4v) is 4.87. The molecule has 0 bridgehead atoms. The molecule has 4 aromatic rings. The van der Waals surface area contributed by atoms with E-state index in [4.69, 9.17) is 14.8 Å². The van der Waals surface area contributed by atoms with Crippen molar-refractivity contribution in [3.8, 4) is 16.9 Å². The summed E-state index contributed by atoms with van der Waals surface area (Å²) in [5.74, 6) is -1.17. The summed E-state index contributed by atoms with van der Waals surface area (Å²) in [5.41, 5.74) is 4.48. The monoisotopic (exact) mass is 620 g/mol. The van der Waals surface area contributed by atoms with Crippen molar-refractivity contribution in [2.45, 2.75) is 51.9 Å². The largest absolute Gasteiger partial charge is 0.487 e. The Morgan fingerprint density at radius 2 is 1.42 bits per heavy atom. The second kappa shape index (κ2) is 15.3. The molecule has 0 fully saturated rings. The Hall–Kier alpha value is -4.70. The molecule has 0 spiro atoms. The van der Waals surface area contributed by atoms with Crippen LogP contribution in [0, 0.1) is 6.92 Å². The molecule has 4 rings (SSSR count). The van der Waals surface area contributed by atoms with Gasteiger partial charge in [-0.05, 0) is 85.0 Å². The van der Waals surface area contributed by atoms with Crippen molar-refractivity contribution in [2.24, 2.45) is 0 Å². The standard InChI is InChI=1S/C35H35F3N2O5/c1-24-5-18-32(45-23-26-8-10-27(11-9-26)28-14-16-30(17-15-28)35(36,37)38)31(39-24)19-21-40(20-3-2-4-33(41)42)22-25-6-12-29(13-7-25)34(43)44/h5-18H,2-4,19-23H2,1H3,(H,41,42)(H,43,44). The van der Waals surface area contributed by atoms with Crippen molar-refractivity contribution < 1.29 is 37.7 Å². The first kappa shape index (κ1) is 33.2. The molecule has 10 heteroatoms. The molecule has 0 aliphatic rings. The van der Waals surface area contributed by atoms with Gasteiger partial charge >= 0.3 is 18.1 Å². The smallest absolute Gasteiger partial charge is 0.416 e. The van der Waals surface area contributed by atoms with Crippen LogP contribution in [-0.4, -0.2) is 45.1 Å². The van der Waals surface area contributed by atoms with Crippen molar-refractivity contribution in [2.75, 3.05) is 13.1 Å². The van der Waals surface area contributed by atoms with Crippen LogP contribution in [0.1, 0.15) is 57.7 Å². The first-order chi connectivity index (χ1) is 21.5. The summed E-state index contributed by atoms with van der Waals surface area (Å²) in [5, 5.41) is 18.2. The maximum absolute atomic E-state index is 12.9. The molecular formula is C35H35F3N2O5. The lowest BCUT2D eigenvalue weighted by Gasteiger charge is -2.23. The lowest BCUT2D eigenvalue weighted by molar-refractivity contribution is -0.138. The number of halogens is 3. The second-order valence-corrected chi connectivity index (χ2v) is 10.8. The van der Waals surface area contributed by atoms with Crippen LogP contribution in [0.3, 0.4) is 0 Å². The minimum absolute atomic E-state index is 0.101. The predicted molar refractivity (Wildman–Crippen MR) is 164 cm³/mol. The molecule has 3 aromatic carbocycles. The van der Waals surface area contributed by atoms with Crippen LogP contribution in [-0.2, 0) is 30.5 Å². The van der Waals surface area contributed by atoms with E-state index < -0.39 is 23.7 Å². The number of benzene rings is 3. The molecule has 0 unspecified atom stereocenters.